The standard InChI is InChI=1S/C25H22F2N4O3S/c1-14-8-15(2)29-12-19(14)25(32)31(22-7-6-18(26)11-23(22)35(3,33)34)13-16-4-5-17-10-20(27)24(28)30-21(17)9-16/h4-12H,13H2,1-3H3,(H2,28,30). The molecule has 0 bridgehead atoms. The highest BCUT2D eigenvalue weighted by atomic mass is 32.2. The van der Waals surface area contributed by atoms with Crippen LogP contribution in [0.15, 0.2) is 59.6 Å². The van der Waals surface area contributed by atoms with Gasteiger partial charge in [0.15, 0.2) is 21.5 Å². The van der Waals surface area contributed by atoms with E-state index in [0.29, 0.717) is 22.0 Å². The summed E-state index contributed by atoms with van der Waals surface area (Å²) in [5.74, 6) is -2.17. The van der Waals surface area contributed by atoms with E-state index in [4.69, 9.17) is 5.73 Å². The van der Waals surface area contributed by atoms with E-state index in [2.05, 4.69) is 9.97 Å². The molecule has 180 valence electrons. The number of sulfone groups is 1. The normalized spacial score (nSPS) is 11.6. The van der Waals surface area contributed by atoms with E-state index >= 15 is 0 Å². The maximum absolute atomic E-state index is 14.0. The number of nitrogen functional groups attached to an aromatic ring is 1. The molecule has 0 saturated heterocycles. The summed E-state index contributed by atoms with van der Waals surface area (Å²) in [4.78, 5) is 22.9. The molecule has 0 fully saturated rings. The van der Waals surface area contributed by atoms with Crippen molar-refractivity contribution in [2.75, 3.05) is 16.9 Å². The summed E-state index contributed by atoms with van der Waals surface area (Å²) in [6.07, 6.45) is 2.37. The lowest BCUT2D eigenvalue weighted by Crippen LogP contribution is -2.32. The lowest BCUT2D eigenvalue weighted by atomic mass is 10.1. The fourth-order valence-corrected chi connectivity index (χ4v) is 4.71. The molecule has 0 radical (unpaired) electrons. The quantitative estimate of drug-likeness (QED) is 0.440. The summed E-state index contributed by atoms with van der Waals surface area (Å²) >= 11 is 0. The van der Waals surface area contributed by atoms with Crippen LogP contribution in [0.25, 0.3) is 10.9 Å². The Balaban J connectivity index is 1.88. The number of halogens is 2. The molecule has 2 aromatic heterocycles. The van der Waals surface area contributed by atoms with E-state index in [0.717, 1.165) is 24.1 Å². The summed E-state index contributed by atoms with van der Waals surface area (Å²) < 4.78 is 52.8. The molecule has 7 nitrogen and oxygen atoms in total. The van der Waals surface area contributed by atoms with Crippen LogP contribution in [-0.2, 0) is 16.4 Å². The fourth-order valence-electron chi connectivity index (χ4n) is 3.82. The molecule has 0 aliphatic carbocycles. The van der Waals surface area contributed by atoms with Crippen molar-refractivity contribution in [2.24, 2.45) is 0 Å². The third-order valence-corrected chi connectivity index (χ3v) is 6.66. The predicted molar refractivity (Wildman–Crippen MR) is 130 cm³/mol. The molecule has 0 saturated carbocycles. The van der Waals surface area contributed by atoms with Gasteiger partial charge in [-0.3, -0.25) is 9.78 Å². The number of rotatable bonds is 5. The Morgan fingerprint density at radius 1 is 1.06 bits per heavy atom. The minimum Gasteiger partial charge on any atom is -0.381 e. The Labute approximate surface area is 201 Å². The number of hydrogen-bond donors (Lipinski definition) is 1. The lowest BCUT2D eigenvalue weighted by molar-refractivity contribution is 0.0983. The van der Waals surface area contributed by atoms with Crippen molar-refractivity contribution >= 4 is 38.2 Å². The molecule has 0 unspecified atom stereocenters. The van der Waals surface area contributed by atoms with Crippen LogP contribution in [0, 0.1) is 25.5 Å². The predicted octanol–water partition coefficient (Wildman–Crippen LogP) is 4.36. The SMILES string of the molecule is Cc1cc(C)c(C(=O)N(Cc2ccc3cc(F)c(N)nc3c2)c2ccc(F)cc2S(C)(=O)=O)cn1. The third-order valence-electron chi connectivity index (χ3n) is 5.54. The maximum Gasteiger partial charge on any atom is 0.260 e. The van der Waals surface area contributed by atoms with Gasteiger partial charge < -0.3 is 10.6 Å². The van der Waals surface area contributed by atoms with E-state index in [9.17, 15) is 22.0 Å². The molecule has 2 heterocycles. The Kier molecular flexibility index (Phi) is 6.25. The van der Waals surface area contributed by atoms with Gasteiger partial charge >= 0.3 is 0 Å². The van der Waals surface area contributed by atoms with Gasteiger partial charge in [-0.1, -0.05) is 12.1 Å². The number of fused-ring (bicyclic) bond motifs is 1. The number of anilines is 2. The molecule has 0 aliphatic heterocycles. The minimum atomic E-state index is -3.89. The first-order valence-corrected chi connectivity index (χ1v) is 12.4. The van der Waals surface area contributed by atoms with Gasteiger partial charge in [0.05, 0.1) is 28.2 Å². The zero-order valence-electron chi connectivity index (χ0n) is 19.2. The lowest BCUT2D eigenvalue weighted by Gasteiger charge is -2.26. The molecule has 10 heteroatoms. The first-order valence-electron chi connectivity index (χ1n) is 10.5. The minimum absolute atomic E-state index is 0.0190. The molecule has 35 heavy (non-hydrogen) atoms. The van der Waals surface area contributed by atoms with Crippen molar-refractivity contribution < 1.29 is 22.0 Å². The van der Waals surface area contributed by atoms with Crippen LogP contribution in [0.5, 0.6) is 0 Å². The van der Waals surface area contributed by atoms with Crippen LogP contribution in [-0.4, -0.2) is 30.5 Å². The second kappa shape index (κ2) is 9.03. The number of aromatic nitrogens is 2. The van der Waals surface area contributed by atoms with Gasteiger partial charge in [0.25, 0.3) is 5.91 Å². The maximum atomic E-state index is 14.0. The van der Waals surface area contributed by atoms with Crippen LogP contribution < -0.4 is 10.6 Å². The van der Waals surface area contributed by atoms with Crippen LogP contribution in [0.3, 0.4) is 0 Å². The summed E-state index contributed by atoms with van der Waals surface area (Å²) in [5, 5.41) is 0.510. The zero-order valence-corrected chi connectivity index (χ0v) is 20.0. The van der Waals surface area contributed by atoms with E-state index in [1.807, 2.05) is 0 Å². The van der Waals surface area contributed by atoms with Gasteiger partial charge in [0, 0.05) is 23.5 Å². The summed E-state index contributed by atoms with van der Waals surface area (Å²) in [5.41, 5.74) is 8.24. The van der Waals surface area contributed by atoms with Crippen LogP contribution in [0.4, 0.5) is 20.3 Å². The Bertz CT molecular complexity index is 1590. The summed E-state index contributed by atoms with van der Waals surface area (Å²) in [7, 11) is -3.89. The Morgan fingerprint density at radius 2 is 1.80 bits per heavy atom. The number of pyridine rings is 2. The van der Waals surface area contributed by atoms with Crippen molar-refractivity contribution in [3.05, 3.63) is 88.7 Å². The zero-order chi connectivity index (χ0) is 25.5. The molecule has 0 spiro atoms. The Morgan fingerprint density at radius 3 is 2.49 bits per heavy atom. The highest BCUT2D eigenvalue weighted by Crippen LogP contribution is 2.30. The topological polar surface area (TPSA) is 106 Å². The first kappa shape index (κ1) is 24.2. The van der Waals surface area contributed by atoms with Gasteiger partial charge in [-0.2, -0.15) is 0 Å². The van der Waals surface area contributed by atoms with E-state index in [1.165, 1.54) is 23.2 Å². The second-order valence-electron chi connectivity index (χ2n) is 8.30. The van der Waals surface area contributed by atoms with Crippen LogP contribution >= 0.6 is 0 Å². The van der Waals surface area contributed by atoms with Crippen molar-refractivity contribution in [1.82, 2.24) is 9.97 Å². The van der Waals surface area contributed by atoms with Gasteiger partial charge in [-0.25, -0.2) is 22.2 Å². The molecular formula is C25H22F2N4O3S. The molecule has 0 aliphatic rings. The second-order valence-corrected chi connectivity index (χ2v) is 10.3. The molecule has 1 amide bonds. The highest BCUT2D eigenvalue weighted by molar-refractivity contribution is 7.90. The number of benzene rings is 2. The average molecular weight is 497 g/mol. The number of aryl methyl sites for hydroxylation is 2. The van der Waals surface area contributed by atoms with E-state index in [-0.39, 0.29) is 28.5 Å². The largest absolute Gasteiger partial charge is 0.381 e. The number of nitrogens with two attached hydrogens (primary N) is 1. The van der Waals surface area contributed by atoms with Crippen molar-refractivity contribution in [1.29, 1.82) is 0 Å². The monoisotopic (exact) mass is 496 g/mol. The van der Waals surface area contributed by atoms with Gasteiger partial charge in [-0.15, -0.1) is 0 Å². The van der Waals surface area contributed by atoms with Gasteiger partial charge in [0.1, 0.15) is 5.82 Å². The van der Waals surface area contributed by atoms with Gasteiger partial charge in [0.2, 0.25) is 0 Å². The summed E-state index contributed by atoms with van der Waals surface area (Å²) in [6.45, 7) is 3.46. The number of carbonyl (C=O) groups excluding carboxylic acids is 1. The fraction of sp³-hybridized carbons (Fsp3) is 0.160. The molecule has 0 atom stereocenters. The van der Waals surface area contributed by atoms with Crippen LogP contribution in [0.1, 0.15) is 27.2 Å². The number of amides is 1. The molecule has 4 rings (SSSR count). The summed E-state index contributed by atoms with van der Waals surface area (Å²) in [6, 6.07) is 11.2. The molecular weight excluding hydrogens is 474 g/mol. The van der Waals surface area contributed by atoms with Crippen molar-refractivity contribution in [3.63, 3.8) is 0 Å². The number of hydrogen-bond acceptors (Lipinski definition) is 6. The number of carbonyl (C=O) groups is 1. The first-order chi connectivity index (χ1) is 16.4. The van der Waals surface area contributed by atoms with Gasteiger partial charge in [-0.05, 0) is 61.4 Å². The van der Waals surface area contributed by atoms with Crippen molar-refractivity contribution in [3.8, 4) is 0 Å². The van der Waals surface area contributed by atoms with E-state index in [1.54, 1.807) is 38.1 Å². The molecule has 2 N–H and O–H groups in total. The van der Waals surface area contributed by atoms with Crippen molar-refractivity contribution in [2.45, 2.75) is 25.3 Å². The highest BCUT2D eigenvalue weighted by Gasteiger charge is 2.26. The molecule has 2 aromatic carbocycles. The third kappa shape index (κ3) is 4.97. The van der Waals surface area contributed by atoms with Crippen LogP contribution in [0.2, 0.25) is 0 Å². The smallest absolute Gasteiger partial charge is 0.260 e. The van der Waals surface area contributed by atoms with E-state index < -0.39 is 27.4 Å². The Hall–Kier alpha value is -3.92. The molecule has 4 aromatic rings. The average Bonchev–Trinajstić information content (AvgIpc) is 2.77. The number of nitrogens with zero attached hydrogens (tertiary/aromatic N) is 3.